The predicted molar refractivity (Wildman–Crippen MR) is 153 cm³/mol. The number of amides is 1. The standard InChI is InChI=1S/C29H36Cl2N4O4/c1-2-3-4-8-26(36)33-25(7-5-6-16-32)28(37)29-34-27(39-35-29)19-20-9-12-22(13-10-20)38-17-15-21-11-14-23(30)24(31)18-21/h9-14,18,25H,2-8,15-17,19,32H2,1H3,(H,33,36). The second-order valence-corrected chi connectivity index (χ2v) is 10.2. The second-order valence-electron chi connectivity index (χ2n) is 9.41. The van der Waals surface area contributed by atoms with Crippen LogP contribution in [0.25, 0.3) is 0 Å². The SMILES string of the molecule is CCCCCC(=O)NC(CCCCN)C(=O)c1noc(Cc2ccc(OCCc3ccc(Cl)c(Cl)c3)cc2)n1. The van der Waals surface area contributed by atoms with Gasteiger partial charge in [0, 0.05) is 12.8 Å². The minimum Gasteiger partial charge on any atom is -0.493 e. The number of hydrogen-bond donors (Lipinski definition) is 2. The van der Waals surface area contributed by atoms with Crippen LogP contribution in [0.15, 0.2) is 47.0 Å². The zero-order chi connectivity index (χ0) is 28.0. The Kier molecular flexibility index (Phi) is 12.7. The van der Waals surface area contributed by atoms with Crippen molar-refractivity contribution >= 4 is 34.9 Å². The van der Waals surface area contributed by atoms with Gasteiger partial charge in [-0.05, 0) is 67.6 Å². The van der Waals surface area contributed by atoms with Crippen molar-refractivity contribution in [2.75, 3.05) is 13.2 Å². The van der Waals surface area contributed by atoms with Crippen molar-refractivity contribution in [1.82, 2.24) is 15.5 Å². The second kappa shape index (κ2) is 16.2. The molecule has 0 saturated carbocycles. The Labute approximate surface area is 239 Å². The zero-order valence-corrected chi connectivity index (χ0v) is 23.8. The molecule has 3 aromatic rings. The maximum absolute atomic E-state index is 13.1. The van der Waals surface area contributed by atoms with Crippen LogP contribution in [0.5, 0.6) is 5.75 Å². The number of carbonyl (C=O) groups is 2. The van der Waals surface area contributed by atoms with E-state index in [-0.39, 0.29) is 17.5 Å². The van der Waals surface area contributed by atoms with Gasteiger partial charge in [0.05, 0.1) is 29.1 Å². The maximum atomic E-state index is 13.1. The van der Waals surface area contributed by atoms with Crippen molar-refractivity contribution < 1.29 is 18.8 Å². The van der Waals surface area contributed by atoms with Crippen molar-refractivity contribution in [3.8, 4) is 5.75 Å². The van der Waals surface area contributed by atoms with Crippen molar-refractivity contribution in [3.63, 3.8) is 0 Å². The molecule has 3 N–H and O–H groups in total. The van der Waals surface area contributed by atoms with Crippen LogP contribution in [-0.4, -0.2) is 41.0 Å². The van der Waals surface area contributed by atoms with Gasteiger partial charge < -0.3 is 20.3 Å². The number of benzene rings is 2. The summed E-state index contributed by atoms with van der Waals surface area (Å²) in [7, 11) is 0. The van der Waals surface area contributed by atoms with Gasteiger partial charge in [0.25, 0.3) is 0 Å². The highest BCUT2D eigenvalue weighted by Gasteiger charge is 2.26. The lowest BCUT2D eigenvalue weighted by molar-refractivity contribution is -0.121. The highest BCUT2D eigenvalue weighted by Crippen LogP contribution is 2.23. The van der Waals surface area contributed by atoms with Crippen LogP contribution >= 0.6 is 23.2 Å². The van der Waals surface area contributed by atoms with Crippen LogP contribution < -0.4 is 15.8 Å². The van der Waals surface area contributed by atoms with Gasteiger partial charge in [0.2, 0.25) is 23.4 Å². The van der Waals surface area contributed by atoms with E-state index in [1.807, 2.05) is 36.4 Å². The number of unbranched alkanes of at least 4 members (excludes halogenated alkanes) is 3. The molecule has 10 heteroatoms. The number of Topliss-reactive ketones (excluding diaryl/α,β-unsaturated/α-hetero) is 1. The maximum Gasteiger partial charge on any atom is 0.240 e. The van der Waals surface area contributed by atoms with E-state index in [1.54, 1.807) is 6.07 Å². The Morgan fingerprint density at radius 1 is 1.03 bits per heavy atom. The van der Waals surface area contributed by atoms with Gasteiger partial charge in [-0.15, -0.1) is 0 Å². The Balaban J connectivity index is 1.53. The third-order valence-corrected chi connectivity index (χ3v) is 6.96. The van der Waals surface area contributed by atoms with Crippen molar-refractivity contribution in [2.24, 2.45) is 5.73 Å². The molecule has 0 aliphatic heterocycles. The Morgan fingerprint density at radius 2 is 1.79 bits per heavy atom. The van der Waals surface area contributed by atoms with Gasteiger partial charge in [-0.25, -0.2) is 0 Å². The molecule has 0 fully saturated rings. The molecule has 39 heavy (non-hydrogen) atoms. The first-order valence-electron chi connectivity index (χ1n) is 13.4. The Morgan fingerprint density at radius 3 is 2.51 bits per heavy atom. The molecule has 0 aliphatic rings. The molecule has 0 saturated heterocycles. The van der Waals surface area contributed by atoms with Gasteiger partial charge in [0.1, 0.15) is 5.75 Å². The van der Waals surface area contributed by atoms with Crippen molar-refractivity contribution in [1.29, 1.82) is 0 Å². The van der Waals surface area contributed by atoms with Crippen molar-refractivity contribution in [3.05, 3.63) is 75.4 Å². The van der Waals surface area contributed by atoms with Crippen LogP contribution in [0.2, 0.25) is 10.0 Å². The molecular weight excluding hydrogens is 539 g/mol. The van der Waals surface area contributed by atoms with Crippen LogP contribution in [0.4, 0.5) is 0 Å². The molecule has 8 nitrogen and oxygen atoms in total. The number of rotatable bonds is 17. The van der Waals surface area contributed by atoms with Crippen LogP contribution in [-0.2, 0) is 17.6 Å². The number of ether oxygens (including phenoxy) is 1. The molecule has 1 amide bonds. The molecule has 1 aromatic heterocycles. The number of hydrogen-bond acceptors (Lipinski definition) is 7. The molecule has 0 spiro atoms. The third kappa shape index (κ3) is 10.3. The number of halogens is 2. The van der Waals surface area contributed by atoms with Crippen LogP contribution in [0.3, 0.4) is 0 Å². The Bertz CT molecular complexity index is 1200. The quantitative estimate of drug-likeness (QED) is 0.150. The number of aromatic nitrogens is 2. The lowest BCUT2D eigenvalue weighted by Gasteiger charge is -2.16. The smallest absolute Gasteiger partial charge is 0.240 e. The molecule has 210 valence electrons. The molecule has 0 radical (unpaired) electrons. The fraction of sp³-hybridized carbons (Fsp3) is 0.448. The summed E-state index contributed by atoms with van der Waals surface area (Å²) in [5.74, 6) is 0.532. The van der Waals surface area contributed by atoms with E-state index in [4.69, 9.17) is 38.2 Å². The predicted octanol–water partition coefficient (Wildman–Crippen LogP) is 5.97. The van der Waals surface area contributed by atoms with Gasteiger partial charge in [-0.1, -0.05) is 66.3 Å². The van der Waals surface area contributed by atoms with E-state index in [9.17, 15) is 9.59 Å². The number of nitrogens with two attached hydrogens (primary N) is 1. The molecule has 1 unspecified atom stereocenters. The first kappa shape index (κ1) is 30.6. The number of carbonyl (C=O) groups excluding carboxylic acids is 2. The van der Waals surface area contributed by atoms with E-state index in [0.29, 0.717) is 61.2 Å². The molecular formula is C29H36Cl2N4O4. The highest BCUT2D eigenvalue weighted by molar-refractivity contribution is 6.42. The fourth-order valence-electron chi connectivity index (χ4n) is 4.01. The highest BCUT2D eigenvalue weighted by atomic mass is 35.5. The first-order chi connectivity index (χ1) is 18.9. The normalized spacial score (nSPS) is 11.8. The first-order valence-corrected chi connectivity index (χ1v) is 14.2. The van der Waals surface area contributed by atoms with E-state index in [1.165, 1.54) is 0 Å². The average Bonchev–Trinajstić information content (AvgIpc) is 3.39. The largest absolute Gasteiger partial charge is 0.493 e. The summed E-state index contributed by atoms with van der Waals surface area (Å²) in [6.45, 7) is 3.10. The Hall–Kier alpha value is -2.94. The van der Waals surface area contributed by atoms with Crippen LogP contribution in [0, 0.1) is 0 Å². The summed E-state index contributed by atoms with van der Waals surface area (Å²) in [6.07, 6.45) is 6.20. The summed E-state index contributed by atoms with van der Waals surface area (Å²) in [5, 5.41) is 7.80. The monoisotopic (exact) mass is 574 g/mol. The summed E-state index contributed by atoms with van der Waals surface area (Å²) in [5.41, 5.74) is 7.57. The van der Waals surface area contributed by atoms with Crippen LogP contribution in [0.1, 0.15) is 79.5 Å². The van der Waals surface area contributed by atoms with E-state index < -0.39 is 6.04 Å². The summed E-state index contributed by atoms with van der Waals surface area (Å²) < 4.78 is 11.2. The fourth-order valence-corrected chi connectivity index (χ4v) is 4.33. The third-order valence-electron chi connectivity index (χ3n) is 6.22. The van der Waals surface area contributed by atoms with Gasteiger partial charge >= 0.3 is 0 Å². The number of nitrogens with zero attached hydrogens (tertiary/aromatic N) is 2. The van der Waals surface area contributed by atoms with Gasteiger partial charge in [-0.2, -0.15) is 4.98 Å². The molecule has 0 bridgehead atoms. The minimum atomic E-state index is -0.698. The zero-order valence-electron chi connectivity index (χ0n) is 22.3. The average molecular weight is 576 g/mol. The molecule has 2 aromatic carbocycles. The molecule has 0 aliphatic carbocycles. The molecule has 1 atom stereocenters. The van der Waals surface area contributed by atoms with Gasteiger partial charge in [-0.3, -0.25) is 9.59 Å². The van der Waals surface area contributed by atoms with E-state index in [2.05, 4.69) is 22.4 Å². The molecule has 3 rings (SSSR count). The lowest BCUT2D eigenvalue weighted by atomic mass is 10.0. The van der Waals surface area contributed by atoms with E-state index in [0.717, 1.165) is 42.6 Å². The summed E-state index contributed by atoms with van der Waals surface area (Å²) in [4.78, 5) is 29.8. The van der Waals surface area contributed by atoms with Gasteiger partial charge in [0.15, 0.2) is 0 Å². The summed E-state index contributed by atoms with van der Waals surface area (Å²) in [6, 6.07) is 12.4. The van der Waals surface area contributed by atoms with Crippen molar-refractivity contribution in [2.45, 2.75) is 70.8 Å². The number of ketones is 1. The lowest BCUT2D eigenvalue weighted by Crippen LogP contribution is -2.41. The summed E-state index contributed by atoms with van der Waals surface area (Å²) >= 11 is 12.0. The topological polar surface area (TPSA) is 120 Å². The van der Waals surface area contributed by atoms with E-state index >= 15 is 0 Å². The minimum absolute atomic E-state index is 0.0288. The molecule has 1 heterocycles. The number of nitrogens with one attached hydrogen (secondary N) is 1.